The Kier molecular flexibility index (Phi) is 12.9. The van der Waals surface area contributed by atoms with Gasteiger partial charge in [-0.3, -0.25) is 0 Å². The number of halogens is 4. The summed E-state index contributed by atoms with van der Waals surface area (Å²) in [5.41, 5.74) is 1.44. The molecule has 2 rings (SSSR count). The highest BCUT2D eigenvalue weighted by molar-refractivity contribution is 9.10. The molecule has 0 radical (unpaired) electrons. The lowest BCUT2D eigenvalue weighted by Crippen LogP contribution is -2.08. The van der Waals surface area contributed by atoms with Crippen LogP contribution in [0, 0.1) is 22.9 Å². The van der Waals surface area contributed by atoms with E-state index in [9.17, 15) is 8.42 Å². The average molecular weight is 647 g/mol. The number of pyridine rings is 2. The van der Waals surface area contributed by atoms with E-state index in [4.69, 9.17) is 33.7 Å². The summed E-state index contributed by atoms with van der Waals surface area (Å²) in [5, 5.41) is 17.1. The van der Waals surface area contributed by atoms with Crippen molar-refractivity contribution in [3.63, 3.8) is 0 Å². The lowest BCUT2D eigenvalue weighted by atomic mass is 10.2. The van der Waals surface area contributed by atoms with Crippen LogP contribution in [0.5, 0.6) is 0 Å². The Bertz CT molecular complexity index is 1290. The first-order valence-corrected chi connectivity index (χ1v) is 14.5. The first-order chi connectivity index (χ1) is 14.3. The molecular formula is C18H20Br2Cl2N6O2S2. The summed E-state index contributed by atoms with van der Waals surface area (Å²) in [7, 11) is -5.09. The molecule has 0 aromatic carbocycles. The van der Waals surface area contributed by atoms with Crippen LogP contribution in [0.3, 0.4) is 0 Å². The summed E-state index contributed by atoms with van der Waals surface area (Å²) in [6.07, 6.45) is 9.05. The largest absolute Gasteiger partial charge is 0.249 e. The van der Waals surface area contributed by atoms with E-state index in [2.05, 4.69) is 50.6 Å². The highest BCUT2D eigenvalue weighted by Gasteiger charge is 2.17. The maximum Gasteiger partial charge on any atom is 0.214 e. The monoisotopic (exact) mass is 644 g/mol. The van der Waals surface area contributed by atoms with E-state index < -0.39 is 19.5 Å². The molecule has 0 aliphatic rings. The molecule has 8 nitrogen and oxygen atoms in total. The molecule has 0 N–H and O–H groups in total. The smallest absolute Gasteiger partial charge is 0.214 e. The molecule has 32 heavy (non-hydrogen) atoms. The van der Waals surface area contributed by atoms with Gasteiger partial charge in [-0.2, -0.15) is 10.5 Å². The highest BCUT2D eigenvalue weighted by Crippen LogP contribution is 2.28. The third-order valence-electron chi connectivity index (χ3n) is 3.69. The minimum Gasteiger partial charge on any atom is -0.249 e. The quantitative estimate of drug-likeness (QED) is 0.281. The summed E-state index contributed by atoms with van der Waals surface area (Å²) >= 11 is 17.9. The van der Waals surface area contributed by atoms with E-state index in [1.807, 2.05) is 0 Å². The van der Waals surface area contributed by atoms with Gasteiger partial charge in [-0.25, -0.2) is 18.4 Å². The zero-order chi connectivity index (χ0) is 23.8. The van der Waals surface area contributed by atoms with Crippen molar-refractivity contribution < 1.29 is 8.42 Å². The van der Waals surface area contributed by atoms with Crippen molar-refractivity contribution in [2.24, 2.45) is 8.73 Å². The third kappa shape index (κ3) is 9.69. The van der Waals surface area contributed by atoms with Crippen LogP contribution in [0.15, 0.2) is 42.2 Å². The number of aromatic nitrogens is 2. The van der Waals surface area contributed by atoms with E-state index in [1.54, 1.807) is 31.4 Å². The van der Waals surface area contributed by atoms with Gasteiger partial charge in [0.05, 0.1) is 39.4 Å². The van der Waals surface area contributed by atoms with E-state index in [-0.39, 0.29) is 18.4 Å². The van der Waals surface area contributed by atoms with Gasteiger partial charge < -0.3 is 0 Å². The molecule has 0 bridgehead atoms. The van der Waals surface area contributed by atoms with Crippen LogP contribution in [0.4, 0.5) is 0 Å². The van der Waals surface area contributed by atoms with Crippen LogP contribution < -0.4 is 0 Å². The van der Waals surface area contributed by atoms with E-state index in [0.29, 0.717) is 19.3 Å². The van der Waals surface area contributed by atoms with Gasteiger partial charge >= 0.3 is 0 Å². The Morgan fingerprint density at radius 3 is 2.00 bits per heavy atom. The molecule has 0 saturated heterocycles. The first-order valence-electron chi connectivity index (χ1n) is 8.10. The molecule has 0 aliphatic heterocycles. The number of hydrogen-bond acceptors (Lipinski definition) is 8. The molecule has 0 amide bonds. The third-order valence-corrected chi connectivity index (χ3v) is 9.32. The second kappa shape index (κ2) is 13.4. The predicted molar refractivity (Wildman–Crippen MR) is 137 cm³/mol. The van der Waals surface area contributed by atoms with Crippen molar-refractivity contribution in [3.8, 4) is 12.4 Å². The second-order valence-electron chi connectivity index (χ2n) is 6.15. The van der Waals surface area contributed by atoms with Gasteiger partial charge in [0, 0.05) is 24.9 Å². The maximum atomic E-state index is 12.0. The van der Waals surface area contributed by atoms with Crippen molar-refractivity contribution in [2.45, 2.75) is 25.4 Å². The fourth-order valence-corrected chi connectivity index (χ4v) is 4.98. The Balaban J connectivity index is 0.000000584. The van der Waals surface area contributed by atoms with Crippen LogP contribution in [0.1, 0.15) is 30.7 Å². The minimum absolute atomic E-state index is 0. The molecule has 3 atom stereocenters. The van der Waals surface area contributed by atoms with Gasteiger partial charge in [-0.15, -0.1) is 8.73 Å². The highest BCUT2D eigenvalue weighted by atomic mass is 79.9. The van der Waals surface area contributed by atoms with E-state index >= 15 is 0 Å². The zero-order valence-electron chi connectivity index (χ0n) is 16.4. The van der Waals surface area contributed by atoms with Crippen molar-refractivity contribution >= 4 is 74.5 Å². The van der Waals surface area contributed by atoms with Gasteiger partial charge in [-0.05, 0) is 62.0 Å². The first kappa shape index (κ1) is 30.7. The van der Waals surface area contributed by atoms with Crippen LogP contribution in [0.2, 0.25) is 10.3 Å². The molecule has 174 valence electrons. The van der Waals surface area contributed by atoms with E-state index in [1.165, 1.54) is 24.9 Å². The Labute approximate surface area is 216 Å². The Morgan fingerprint density at radius 2 is 1.53 bits per heavy atom. The molecule has 0 spiro atoms. The van der Waals surface area contributed by atoms with Crippen molar-refractivity contribution in [2.75, 3.05) is 12.5 Å². The van der Waals surface area contributed by atoms with Crippen molar-refractivity contribution in [3.05, 3.63) is 54.9 Å². The van der Waals surface area contributed by atoms with Gasteiger partial charge in [0.25, 0.3) is 0 Å². The van der Waals surface area contributed by atoms with Crippen LogP contribution in [0.25, 0.3) is 0 Å². The molecule has 0 fully saturated rings. The van der Waals surface area contributed by atoms with Gasteiger partial charge in [-0.1, -0.05) is 30.6 Å². The Morgan fingerprint density at radius 1 is 1.03 bits per heavy atom. The summed E-state index contributed by atoms with van der Waals surface area (Å²) in [4.78, 5) is 7.83. The van der Waals surface area contributed by atoms with Gasteiger partial charge in [0.2, 0.25) is 12.4 Å². The van der Waals surface area contributed by atoms with Crippen LogP contribution in [-0.4, -0.2) is 30.9 Å². The fraction of sp³-hybridized carbons (Fsp3) is 0.333. The number of rotatable bonds is 4. The minimum atomic E-state index is -2.58. The van der Waals surface area contributed by atoms with Crippen LogP contribution >= 0.6 is 55.1 Å². The zero-order valence-corrected chi connectivity index (χ0v) is 22.7. The van der Waals surface area contributed by atoms with Crippen molar-refractivity contribution in [1.29, 1.82) is 10.5 Å². The van der Waals surface area contributed by atoms with Gasteiger partial charge in [0.1, 0.15) is 10.3 Å². The lowest BCUT2D eigenvalue weighted by molar-refractivity contribution is 0.673. The van der Waals surface area contributed by atoms with Crippen molar-refractivity contribution in [1.82, 2.24) is 9.97 Å². The van der Waals surface area contributed by atoms with Crippen LogP contribution in [-0.2, 0) is 25.2 Å². The lowest BCUT2D eigenvalue weighted by Gasteiger charge is -2.12. The molecule has 0 aliphatic carbocycles. The Hall–Kier alpha value is -1.28. The molecule has 2 heterocycles. The maximum absolute atomic E-state index is 12.0. The standard InChI is InChI=1S/C9H9BrClN3OS.C8H7BrClN3OS.CH4/c1-6(16(2,15)14-5-12)7-3-8(10)9(11)13-4-7;1-15(14,13-5-11)4-6-2-7(9)8(10)12-3-6;/h3-4,6H,1-2H3;2-3H,4H2,1H3;1H4. The predicted octanol–water partition coefficient (Wildman–Crippen LogP) is 6.35. The summed E-state index contributed by atoms with van der Waals surface area (Å²) < 4.78 is 31.8. The normalized spacial score (nSPS) is 14.5. The molecule has 14 heteroatoms. The summed E-state index contributed by atoms with van der Waals surface area (Å²) in [6, 6.07) is 3.45. The molecular weight excluding hydrogens is 627 g/mol. The molecule has 2 aromatic rings. The molecule has 0 saturated carbocycles. The molecule has 2 aromatic heterocycles. The summed E-state index contributed by atoms with van der Waals surface area (Å²) in [6.45, 7) is 1.74. The SMILES string of the molecule is C.CC(c1cnc(Cl)c(Br)c1)S(C)(=O)=NC#N.CS(=O)(Cc1cnc(Cl)c(Br)c1)=NC#N. The summed E-state index contributed by atoms with van der Waals surface area (Å²) in [5.74, 6) is 0.184. The topological polar surface area (TPSA) is 132 Å². The number of nitriles is 2. The van der Waals surface area contributed by atoms with E-state index in [0.717, 1.165) is 11.1 Å². The fourth-order valence-electron chi connectivity index (χ4n) is 2.04. The van der Waals surface area contributed by atoms with Gasteiger partial charge in [0.15, 0.2) is 0 Å². The average Bonchev–Trinajstić information content (AvgIpc) is 2.66. The number of hydrogen-bond donors (Lipinski definition) is 0. The molecule has 3 unspecified atom stereocenters. The number of nitrogens with zero attached hydrogens (tertiary/aromatic N) is 6. The second-order valence-corrected chi connectivity index (χ2v) is 13.6.